The molecular weight excluding hydrogens is 585 g/mol. The molecule has 0 atom stereocenters. The lowest BCUT2D eigenvalue weighted by Crippen LogP contribution is -2.30. The Kier molecular flexibility index (Phi) is 11.4. The predicted octanol–water partition coefficient (Wildman–Crippen LogP) is 5.74. The molecule has 2 heterocycles. The molecule has 0 aliphatic heterocycles. The minimum absolute atomic E-state index is 0.184. The van der Waals surface area contributed by atoms with Crippen LogP contribution in [0.3, 0.4) is 0 Å². The molecule has 0 bridgehead atoms. The molecule has 0 saturated heterocycles. The van der Waals surface area contributed by atoms with Crippen LogP contribution in [0.5, 0.6) is 0 Å². The summed E-state index contributed by atoms with van der Waals surface area (Å²) >= 11 is 26.5. The largest absolute Gasteiger partial charge is 0.490 e. The minimum Gasteiger partial charge on any atom is -0.423 e. The SMILES string of the molecule is Nc1cnccc1-c1cccc(Cl)c1Cl.Nc1cnccc1Br.OB(O)c1cccc(Cl)c1Cl. The van der Waals surface area contributed by atoms with E-state index in [1.807, 2.05) is 18.2 Å². The molecule has 0 unspecified atom stereocenters. The highest BCUT2D eigenvalue weighted by Crippen LogP contribution is 2.35. The van der Waals surface area contributed by atoms with Gasteiger partial charge in [-0.1, -0.05) is 70.7 Å². The van der Waals surface area contributed by atoms with E-state index < -0.39 is 7.12 Å². The number of halogens is 5. The van der Waals surface area contributed by atoms with E-state index in [9.17, 15) is 0 Å². The summed E-state index contributed by atoms with van der Waals surface area (Å²) in [5.41, 5.74) is 14.4. The van der Waals surface area contributed by atoms with Crippen LogP contribution in [0.4, 0.5) is 11.4 Å². The van der Waals surface area contributed by atoms with E-state index in [2.05, 4.69) is 25.9 Å². The topological polar surface area (TPSA) is 118 Å². The van der Waals surface area contributed by atoms with Crippen molar-refractivity contribution in [1.82, 2.24) is 9.97 Å². The van der Waals surface area contributed by atoms with Crippen LogP contribution in [-0.2, 0) is 0 Å². The summed E-state index contributed by atoms with van der Waals surface area (Å²) in [7, 11) is -1.57. The van der Waals surface area contributed by atoms with Crippen LogP contribution < -0.4 is 16.9 Å². The molecule has 0 fully saturated rings. The van der Waals surface area contributed by atoms with Crippen LogP contribution in [0.25, 0.3) is 11.1 Å². The third kappa shape index (κ3) is 8.03. The molecular formula is C22H18BBrCl4N4O2. The molecule has 4 rings (SSSR count). The van der Waals surface area contributed by atoms with Crippen LogP contribution in [0.2, 0.25) is 20.1 Å². The van der Waals surface area contributed by atoms with Crippen molar-refractivity contribution < 1.29 is 10.0 Å². The number of aromatic nitrogens is 2. The number of benzene rings is 2. The second-order valence-electron chi connectivity index (χ2n) is 6.48. The smallest absolute Gasteiger partial charge is 0.423 e. The van der Waals surface area contributed by atoms with Crippen molar-refractivity contribution in [3.63, 3.8) is 0 Å². The number of nitrogen functional groups attached to an aromatic ring is 2. The van der Waals surface area contributed by atoms with Gasteiger partial charge in [-0.15, -0.1) is 0 Å². The molecule has 12 heteroatoms. The first-order chi connectivity index (χ1) is 16.1. The van der Waals surface area contributed by atoms with E-state index in [1.165, 1.54) is 6.07 Å². The molecule has 0 aliphatic carbocycles. The summed E-state index contributed by atoms with van der Waals surface area (Å²) in [6, 6.07) is 13.7. The van der Waals surface area contributed by atoms with Crippen LogP contribution in [0.15, 0.2) is 77.8 Å². The summed E-state index contributed by atoms with van der Waals surface area (Å²) in [5, 5.41) is 19.0. The van der Waals surface area contributed by atoms with E-state index in [-0.39, 0.29) is 10.5 Å². The van der Waals surface area contributed by atoms with E-state index in [0.29, 0.717) is 26.4 Å². The Morgan fingerprint density at radius 1 is 0.706 bits per heavy atom. The van der Waals surface area contributed by atoms with Gasteiger partial charge in [0, 0.05) is 33.5 Å². The Labute approximate surface area is 225 Å². The first-order valence-electron chi connectivity index (χ1n) is 9.42. The van der Waals surface area contributed by atoms with E-state index in [4.69, 9.17) is 67.9 Å². The summed E-state index contributed by atoms with van der Waals surface area (Å²) < 4.78 is 0.896. The lowest BCUT2D eigenvalue weighted by molar-refractivity contribution is 0.426. The van der Waals surface area contributed by atoms with Crippen molar-refractivity contribution in [2.45, 2.75) is 0 Å². The maximum Gasteiger partial charge on any atom is 0.490 e. The van der Waals surface area contributed by atoms with Gasteiger partial charge in [-0.25, -0.2) is 0 Å². The maximum atomic E-state index is 8.74. The summed E-state index contributed by atoms with van der Waals surface area (Å²) in [4.78, 5) is 7.71. The molecule has 176 valence electrons. The van der Waals surface area contributed by atoms with Gasteiger partial charge in [0.2, 0.25) is 0 Å². The molecule has 6 nitrogen and oxygen atoms in total. The van der Waals surface area contributed by atoms with Crippen molar-refractivity contribution in [2.24, 2.45) is 0 Å². The number of hydrogen-bond acceptors (Lipinski definition) is 6. The fourth-order valence-corrected chi connectivity index (χ4v) is 3.50. The highest BCUT2D eigenvalue weighted by molar-refractivity contribution is 9.10. The maximum absolute atomic E-state index is 8.74. The number of pyridine rings is 2. The highest BCUT2D eigenvalue weighted by atomic mass is 79.9. The molecule has 0 radical (unpaired) electrons. The zero-order chi connectivity index (χ0) is 25.3. The van der Waals surface area contributed by atoms with E-state index in [1.54, 1.807) is 49.1 Å². The van der Waals surface area contributed by atoms with Crippen molar-refractivity contribution in [3.05, 3.63) is 97.9 Å². The zero-order valence-electron chi connectivity index (χ0n) is 17.3. The summed E-state index contributed by atoms with van der Waals surface area (Å²) in [6.07, 6.45) is 6.54. The molecule has 0 spiro atoms. The molecule has 2 aromatic carbocycles. The number of anilines is 2. The van der Waals surface area contributed by atoms with E-state index in [0.717, 1.165) is 15.6 Å². The molecule has 0 saturated carbocycles. The van der Waals surface area contributed by atoms with E-state index >= 15 is 0 Å². The Balaban J connectivity index is 0.000000190. The van der Waals surface area contributed by atoms with Crippen LogP contribution >= 0.6 is 62.3 Å². The van der Waals surface area contributed by atoms with Crippen molar-refractivity contribution in [2.75, 3.05) is 11.5 Å². The zero-order valence-corrected chi connectivity index (χ0v) is 21.9. The molecule has 2 aromatic heterocycles. The Morgan fingerprint density at radius 2 is 1.26 bits per heavy atom. The summed E-state index contributed by atoms with van der Waals surface area (Å²) in [5.74, 6) is 0. The number of nitrogens with zero attached hydrogens (tertiary/aromatic N) is 2. The quantitative estimate of drug-likeness (QED) is 0.218. The Hall–Kier alpha value is -2.04. The monoisotopic (exact) mass is 600 g/mol. The normalized spacial score (nSPS) is 9.85. The third-order valence-corrected chi connectivity index (χ3v) is 6.52. The van der Waals surface area contributed by atoms with Crippen molar-refractivity contribution in [1.29, 1.82) is 0 Å². The second-order valence-corrected chi connectivity index (χ2v) is 8.90. The highest BCUT2D eigenvalue weighted by Gasteiger charge is 2.16. The van der Waals surface area contributed by atoms with Crippen molar-refractivity contribution in [3.8, 4) is 11.1 Å². The third-order valence-electron chi connectivity index (χ3n) is 4.15. The molecule has 4 aromatic rings. The first kappa shape index (κ1) is 28.2. The van der Waals surface area contributed by atoms with Crippen LogP contribution in [0.1, 0.15) is 0 Å². The van der Waals surface area contributed by atoms with Gasteiger partial charge in [-0.3, -0.25) is 9.97 Å². The lowest BCUT2D eigenvalue weighted by atomic mass is 9.80. The van der Waals surface area contributed by atoms with Crippen LogP contribution in [-0.4, -0.2) is 27.1 Å². The average molecular weight is 603 g/mol. The second kappa shape index (κ2) is 13.8. The Bertz CT molecular complexity index is 1230. The van der Waals surface area contributed by atoms with Crippen molar-refractivity contribution >= 4 is 86.3 Å². The van der Waals surface area contributed by atoms with Gasteiger partial charge < -0.3 is 21.5 Å². The predicted molar refractivity (Wildman–Crippen MR) is 147 cm³/mol. The fraction of sp³-hybridized carbons (Fsp3) is 0. The number of hydrogen-bond donors (Lipinski definition) is 4. The fourth-order valence-electron chi connectivity index (χ4n) is 2.47. The molecule has 0 aliphatic rings. The summed E-state index contributed by atoms with van der Waals surface area (Å²) in [6.45, 7) is 0. The van der Waals surface area contributed by atoms with Gasteiger partial charge in [0.1, 0.15) is 0 Å². The Morgan fingerprint density at radius 3 is 1.76 bits per heavy atom. The standard InChI is InChI=1S/C11H8Cl2N2.C6H5BCl2O2.C5H5BrN2/c12-9-3-1-2-8(11(9)13)7-4-5-15-6-10(7)14;8-5-3-1-2-4(6(5)9)7(10)11;6-4-1-2-8-3-5(4)7/h1-6H,14H2;1-3,10-11H;1-3H,7H2. The average Bonchev–Trinajstić information content (AvgIpc) is 2.81. The number of rotatable bonds is 2. The number of nitrogens with two attached hydrogens (primary N) is 2. The molecule has 34 heavy (non-hydrogen) atoms. The molecule has 0 amide bonds. The van der Waals surface area contributed by atoms with Crippen LogP contribution in [0, 0.1) is 0 Å². The minimum atomic E-state index is -1.57. The first-order valence-corrected chi connectivity index (χ1v) is 11.7. The van der Waals surface area contributed by atoms with Gasteiger partial charge >= 0.3 is 7.12 Å². The van der Waals surface area contributed by atoms with Gasteiger partial charge in [-0.2, -0.15) is 0 Å². The molecule has 6 N–H and O–H groups in total. The van der Waals surface area contributed by atoms with Gasteiger partial charge in [0.05, 0.1) is 43.9 Å². The lowest BCUT2D eigenvalue weighted by Gasteiger charge is -2.07. The van der Waals surface area contributed by atoms with Gasteiger partial charge in [-0.05, 0) is 40.2 Å². The van der Waals surface area contributed by atoms with Gasteiger partial charge in [0.25, 0.3) is 0 Å². The van der Waals surface area contributed by atoms with Gasteiger partial charge in [0.15, 0.2) is 0 Å².